The number of hydrogen-bond acceptors (Lipinski definition) is 8. The van der Waals surface area contributed by atoms with E-state index in [1.54, 1.807) is 5.38 Å². The SMILES string of the molecule is CCn1c(SCC(=O)Nc2nc(CC(=O)OC)cs2)nnc1-c1ccccc1. The van der Waals surface area contributed by atoms with E-state index in [0.717, 1.165) is 11.4 Å². The molecule has 2 aromatic heterocycles. The minimum absolute atomic E-state index is 0.0828. The minimum atomic E-state index is -0.369. The summed E-state index contributed by atoms with van der Waals surface area (Å²) in [6.07, 6.45) is 0.0828. The van der Waals surface area contributed by atoms with E-state index < -0.39 is 0 Å². The molecule has 0 fully saturated rings. The van der Waals surface area contributed by atoms with Crippen LogP contribution in [0.1, 0.15) is 12.6 Å². The standard InChI is InChI=1S/C18H19N5O3S2/c1-3-23-16(12-7-5-4-6-8-12)21-22-18(23)28-11-14(24)20-17-19-13(10-27-17)9-15(25)26-2/h4-8,10H,3,9,11H2,1-2H3,(H,19,20,24). The average molecular weight is 418 g/mol. The molecule has 0 radical (unpaired) electrons. The maximum atomic E-state index is 12.2. The number of ether oxygens (including phenoxy) is 1. The molecule has 0 atom stereocenters. The first-order valence-electron chi connectivity index (χ1n) is 8.53. The number of aromatic nitrogens is 4. The monoisotopic (exact) mass is 417 g/mol. The number of thiazole rings is 1. The molecule has 3 rings (SSSR count). The summed E-state index contributed by atoms with van der Waals surface area (Å²) in [5, 5.41) is 14.1. The Balaban J connectivity index is 1.59. The highest BCUT2D eigenvalue weighted by atomic mass is 32.2. The van der Waals surface area contributed by atoms with Crippen LogP contribution in [0, 0.1) is 0 Å². The number of methoxy groups -OCH3 is 1. The third-order valence-corrected chi connectivity index (χ3v) is 5.52. The molecule has 146 valence electrons. The van der Waals surface area contributed by atoms with E-state index in [4.69, 9.17) is 0 Å². The molecule has 3 aromatic rings. The van der Waals surface area contributed by atoms with Crippen molar-refractivity contribution in [2.75, 3.05) is 18.2 Å². The van der Waals surface area contributed by atoms with Crippen molar-refractivity contribution in [3.8, 4) is 11.4 Å². The molecular weight excluding hydrogens is 398 g/mol. The van der Waals surface area contributed by atoms with E-state index >= 15 is 0 Å². The van der Waals surface area contributed by atoms with Crippen LogP contribution < -0.4 is 5.32 Å². The normalized spacial score (nSPS) is 10.6. The van der Waals surface area contributed by atoms with Gasteiger partial charge >= 0.3 is 5.97 Å². The van der Waals surface area contributed by atoms with Crippen LogP contribution >= 0.6 is 23.1 Å². The van der Waals surface area contributed by atoms with Crippen LogP contribution in [0.25, 0.3) is 11.4 Å². The number of nitrogens with one attached hydrogen (secondary N) is 1. The molecule has 0 saturated heterocycles. The number of hydrogen-bond donors (Lipinski definition) is 1. The van der Waals surface area contributed by atoms with Crippen LogP contribution in [-0.2, 0) is 27.3 Å². The fourth-order valence-electron chi connectivity index (χ4n) is 2.43. The number of benzene rings is 1. The summed E-state index contributed by atoms with van der Waals surface area (Å²) in [6, 6.07) is 9.81. The molecule has 1 N–H and O–H groups in total. The van der Waals surface area contributed by atoms with Crippen molar-refractivity contribution in [3.05, 3.63) is 41.4 Å². The molecular formula is C18H19N5O3S2. The van der Waals surface area contributed by atoms with Crippen molar-refractivity contribution in [3.63, 3.8) is 0 Å². The van der Waals surface area contributed by atoms with Gasteiger partial charge in [0.05, 0.1) is 25.0 Å². The smallest absolute Gasteiger partial charge is 0.311 e. The van der Waals surface area contributed by atoms with Gasteiger partial charge in [0, 0.05) is 17.5 Å². The van der Waals surface area contributed by atoms with Gasteiger partial charge in [0.15, 0.2) is 16.1 Å². The molecule has 28 heavy (non-hydrogen) atoms. The molecule has 0 aliphatic rings. The van der Waals surface area contributed by atoms with Crippen molar-refractivity contribution in [1.82, 2.24) is 19.7 Å². The number of anilines is 1. The Labute approximate surface area is 170 Å². The van der Waals surface area contributed by atoms with Gasteiger partial charge in [0.2, 0.25) is 5.91 Å². The number of thioether (sulfide) groups is 1. The number of nitrogens with zero attached hydrogens (tertiary/aromatic N) is 4. The van der Waals surface area contributed by atoms with Crippen LogP contribution in [-0.4, -0.2) is 44.5 Å². The Bertz CT molecular complexity index is 955. The third-order valence-electron chi connectivity index (χ3n) is 3.75. The summed E-state index contributed by atoms with van der Waals surface area (Å²) in [6.45, 7) is 2.71. The fourth-order valence-corrected chi connectivity index (χ4v) is 3.96. The molecule has 0 aliphatic heterocycles. The van der Waals surface area contributed by atoms with Gasteiger partial charge in [-0.1, -0.05) is 42.1 Å². The molecule has 0 spiro atoms. The topological polar surface area (TPSA) is 99.0 Å². The zero-order valence-electron chi connectivity index (χ0n) is 15.4. The quantitative estimate of drug-likeness (QED) is 0.444. The van der Waals surface area contributed by atoms with Gasteiger partial charge in [-0.2, -0.15) is 0 Å². The predicted octanol–water partition coefficient (Wildman–Crippen LogP) is 2.87. The van der Waals surface area contributed by atoms with Crippen molar-refractivity contribution in [1.29, 1.82) is 0 Å². The van der Waals surface area contributed by atoms with Gasteiger partial charge in [-0.3, -0.25) is 9.59 Å². The summed E-state index contributed by atoms with van der Waals surface area (Å²) < 4.78 is 6.58. The largest absolute Gasteiger partial charge is 0.469 e. The lowest BCUT2D eigenvalue weighted by molar-refractivity contribution is -0.139. The summed E-state index contributed by atoms with van der Waals surface area (Å²) in [5.74, 6) is 0.389. The van der Waals surface area contributed by atoms with Crippen LogP contribution in [0.5, 0.6) is 0 Å². The number of carbonyl (C=O) groups is 2. The average Bonchev–Trinajstić information content (AvgIpc) is 3.33. The Kier molecular flexibility index (Phi) is 6.77. The van der Waals surface area contributed by atoms with E-state index in [9.17, 15) is 9.59 Å². The molecule has 0 aliphatic carbocycles. The molecule has 1 amide bonds. The fraction of sp³-hybridized carbons (Fsp3) is 0.278. The van der Waals surface area contributed by atoms with Gasteiger partial charge < -0.3 is 14.6 Å². The second-order valence-corrected chi connectivity index (χ2v) is 7.45. The first kappa shape index (κ1) is 20.0. The minimum Gasteiger partial charge on any atom is -0.469 e. The van der Waals surface area contributed by atoms with Crippen LogP contribution in [0.15, 0.2) is 40.9 Å². The highest BCUT2D eigenvalue weighted by molar-refractivity contribution is 7.99. The summed E-state index contributed by atoms with van der Waals surface area (Å²) in [5.41, 5.74) is 1.55. The first-order valence-corrected chi connectivity index (χ1v) is 10.4. The first-order chi connectivity index (χ1) is 13.6. The zero-order chi connectivity index (χ0) is 19.9. The van der Waals surface area contributed by atoms with E-state index in [-0.39, 0.29) is 24.1 Å². The van der Waals surface area contributed by atoms with Gasteiger partial charge in [0.25, 0.3) is 0 Å². The molecule has 2 heterocycles. The summed E-state index contributed by atoms with van der Waals surface area (Å²) >= 11 is 2.58. The van der Waals surface area contributed by atoms with Gasteiger partial charge in [0.1, 0.15) is 0 Å². The predicted molar refractivity (Wildman–Crippen MR) is 108 cm³/mol. The van der Waals surface area contributed by atoms with Crippen molar-refractivity contribution >= 4 is 40.1 Å². The lowest BCUT2D eigenvalue weighted by Crippen LogP contribution is -2.14. The Hall–Kier alpha value is -2.72. The number of rotatable bonds is 8. The second kappa shape index (κ2) is 9.47. The van der Waals surface area contributed by atoms with Crippen LogP contribution in [0.2, 0.25) is 0 Å². The highest BCUT2D eigenvalue weighted by Gasteiger charge is 2.15. The van der Waals surface area contributed by atoms with Crippen molar-refractivity contribution < 1.29 is 14.3 Å². The Morgan fingerprint density at radius 3 is 2.75 bits per heavy atom. The van der Waals surface area contributed by atoms with Crippen molar-refractivity contribution in [2.24, 2.45) is 0 Å². The van der Waals surface area contributed by atoms with Gasteiger partial charge in [-0.05, 0) is 6.92 Å². The van der Waals surface area contributed by atoms with E-state index in [1.165, 1.54) is 30.2 Å². The maximum absolute atomic E-state index is 12.2. The lowest BCUT2D eigenvalue weighted by Gasteiger charge is -2.07. The highest BCUT2D eigenvalue weighted by Crippen LogP contribution is 2.24. The van der Waals surface area contributed by atoms with E-state index in [1.807, 2.05) is 41.8 Å². The van der Waals surface area contributed by atoms with Crippen LogP contribution in [0.3, 0.4) is 0 Å². The lowest BCUT2D eigenvalue weighted by atomic mass is 10.2. The van der Waals surface area contributed by atoms with Crippen molar-refractivity contribution in [2.45, 2.75) is 25.0 Å². The van der Waals surface area contributed by atoms with Crippen LogP contribution in [0.4, 0.5) is 5.13 Å². The zero-order valence-corrected chi connectivity index (χ0v) is 17.0. The molecule has 0 saturated carbocycles. The number of carbonyl (C=O) groups excluding carboxylic acids is 2. The molecule has 1 aromatic carbocycles. The number of amides is 1. The van der Waals surface area contributed by atoms with E-state index in [0.29, 0.717) is 22.5 Å². The molecule has 10 heteroatoms. The summed E-state index contributed by atoms with van der Waals surface area (Å²) in [7, 11) is 1.33. The molecule has 8 nitrogen and oxygen atoms in total. The molecule has 0 unspecified atom stereocenters. The molecule has 0 bridgehead atoms. The third kappa shape index (κ3) is 4.96. The van der Waals surface area contributed by atoms with Gasteiger partial charge in [-0.15, -0.1) is 21.5 Å². The Morgan fingerprint density at radius 1 is 1.25 bits per heavy atom. The Morgan fingerprint density at radius 2 is 2.04 bits per heavy atom. The van der Waals surface area contributed by atoms with E-state index in [2.05, 4.69) is 25.2 Å². The van der Waals surface area contributed by atoms with Gasteiger partial charge in [-0.25, -0.2) is 4.98 Å². The summed E-state index contributed by atoms with van der Waals surface area (Å²) in [4.78, 5) is 27.7. The second-order valence-electron chi connectivity index (χ2n) is 5.65. The maximum Gasteiger partial charge on any atom is 0.311 e. The number of esters is 1.